The summed E-state index contributed by atoms with van der Waals surface area (Å²) in [6.45, 7) is 1.85. The molecule has 1 aromatic heterocycles. The van der Waals surface area contributed by atoms with Crippen LogP contribution in [-0.2, 0) is 23.6 Å². The number of aryl methyl sites for hydroxylation is 2. The maximum Gasteiger partial charge on any atom is 0.416 e. The minimum atomic E-state index is -5.00. The predicted octanol–water partition coefficient (Wildman–Crippen LogP) is 5.65. The zero-order chi connectivity index (χ0) is 22.8. The summed E-state index contributed by atoms with van der Waals surface area (Å²) in [5, 5.41) is 5.87. The van der Waals surface area contributed by atoms with Crippen molar-refractivity contribution in [2.24, 2.45) is 0 Å². The van der Waals surface area contributed by atoms with Crippen LogP contribution in [0.5, 0.6) is 0 Å². The second-order valence-corrected chi connectivity index (χ2v) is 6.67. The number of carbonyl (C=O) groups excluding carboxylic acids is 1. The van der Waals surface area contributed by atoms with Crippen molar-refractivity contribution in [3.8, 4) is 11.4 Å². The third-order valence-electron chi connectivity index (χ3n) is 4.29. The van der Waals surface area contributed by atoms with Gasteiger partial charge in [-0.15, -0.1) is 0 Å². The number of nitrogens with zero attached hydrogens (tertiary/aromatic N) is 2. The molecule has 1 heterocycles. The van der Waals surface area contributed by atoms with Crippen LogP contribution in [0, 0.1) is 6.92 Å². The van der Waals surface area contributed by atoms with Crippen molar-refractivity contribution in [2.45, 2.75) is 32.1 Å². The van der Waals surface area contributed by atoms with Crippen molar-refractivity contribution in [3.05, 3.63) is 65.0 Å². The molecule has 11 heteroatoms. The minimum Gasteiger partial charge on any atom is -0.339 e. The highest BCUT2D eigenvalue weighted by atomic mass is 19.4. The van der Waals surface area contributed by atoms with Crippen LogP contribution in [0.15, 0.2) is 47.0 Å². The van der Waals surface area contributed by atoms with Crippen molar-refractivity contribution < 1.29 is 35.7 Å². The molecule has 0 aliphatic heterocycles. The van der Waals surface area contributed by atoms with Crippen LogP contribution in [0.4, 0.5) is 32.0 Å². The molecule has 3 aromatic rings. The van der Waals surface area contributed by atoms with Crippen LogP contribution >= 0.6 is 0 Å². The number of hydrogen-bond donors (Lipinski definition) is 1. The van der Waals surface area contributed by atoms with E-state index < -0.39 is 35.1 Å². The molecule has 0 bridgehead atoms. The second kappa shape index (κ2) is 8.40. The zero-order valence-corrected chi connectivity index (χ0v) is 15.9. The molecule has 31 heavy (non-hydrogen) atoms. The summed E-state index contributed by atoms with van der Waals surface area (Å²) in [7, 11) is 0. The Morgan fingerprint density at radius 3 is 2.19 bits per heavy atom. The number of rotatable bonds is 5. The molecule has 0 radical (unpaired) electrons. The summed E-state index contributed by atoms with van der Waals surface area (Å²) >= 11 is 0. The molecule has 0 aliphatic carbocycles. The minimum absolute atomic E-state index is 0.0127. The maximum atomic E-state index is 12.9. The fraction of sp³-hybridized carbons (Fsp3) is 0.250. The Kier molecular flexibility index (Phi) is 6.05. The normalized spacial score (nSPS) is 12.1. The first-order chi connectivity index (χ1) is 14.4. The number of benzene rings is 2. The van der Waals surface area contributed by atoms with Gasteiger partial charge < -0.3 is 9.84 Å². The van der Waals surface area contributed by atoms with Crippen molar-refractivity contribution >= 4 is 11.6 Å². The molecule has 1 amide bonds. The van der Waals surface area contributed by atoms with E-state index >= 15 is 0 Å². The maximum absolute atomic E-state index is 12.9. The van der Waals surface area contributed by atoms with Gasteiger partial charge in [0.25, 0.3) is 0 Å². The van der Waals surface area contributed by atoms with Crippen molar-refractivity contribution in [3.63, 3.8) is 0 Å². The van der Waals surface area contributed by atoms with E-state index in [-0.39, 0.29) is 24.8 Å². The molecule has 0 saturated carbocycles. The predicted molar refractivity (Wildman–Crippen MR) is 97.9 cm³/mol. The van der Waals surface area contributed by atoms with Gasteiger partial charge in [0, 0.05) is 24.1 Å². The van der Waals surface area contributed by atoms with Crippen molar-refractivity contribution in [2.75, 3.05) is 5.32 Å². The fourth-order valence-electron chi connectivity index (χ4n) is 2.76. The van der Waals surface area contributed by atoms with Crippen LogP contribution in [-0.4, -0.2) is 16.0 Å². The highest BCUT2D eigenvalue weighted by molar-refractivity contribution is 5.91. The van der Waals surface area contributed by atoms with Crippen LogP contribution in [0.1, 0.15) is 29.0 Å². The summed E-state index contributed by atoms with van der Waals surface area (Å²) in [6, 6.07) is 8.12. The molecular formula is C20H15F6N3O2. The number of alkyl halides is 6. The van der Waals surface area contributed by atoms with Crippen molar-refractivity contribution in [1.29, 1.82) is 0 Å². The van der Waals surface area contributed by atoms with Gasteiger partial charge in [0.2, 0.25) is 17.6 Å². The lowest BCUT2D eigenvalue weighted by molar-refractivity contribution is -0.143. The smallest absolute Gasteiger partial charge is 0.339 e. The standard InChI is InChI=1S/C20H15F6N3O2/c1-11-4-2-3-5-15(11)18-28-17(31-29-18)7-6-16(30)27-14-9-12(19(21,22)23)8-13(10-14)20(24,25)26/h2-5,8-10H,6-7H2,1H3,(H,27,30). The molecule has 5 nitrogen and oxygen atoms in total. The zero-order valence-electron chi connectivity index (χ0n) is 15.9. The van der Waals surface area contributed by atoms with Crippen LogP contribution in [0.25, 0.3) is 11.4 Å². The van der Waals surface area contributed by atoms with E-state index in [2.05, 4.69) is 15.5 Å². The third kappa shape index (κ3) is 5.62. The Labute approximate surface area is 172 Å². The van der Waals surface area contributed by atoms with Gasteiger partial charge in [-0.3, -0.25) is 4.79 Å². The summed E-state index contributed by atoms with van der Waals surface area (Å²) in [6.07, 6.45) is -10.3. The Balaban J connectivity index is 1.70. The number of halogens is 6. The van der Waals surface area contributed by atoms with Gasteiger partial charge in [0.15, 0.2) is 0 Å². The lowest BCUT2D eigenvalue weighted by atomic mass is 10.1. The molecule has 3 rings (SSSR count). The molecule has 164 valence electrons. The molecule has 0 aliphatic rings. The number of nitrogens with one attached hydrogen (secondary N) is 1. The monoisotopic (exact) mass is 443 g/mol. The van der Waals surface area contributed by atoms with Gasteiger partial charge in [-0.1, -0.05) is 29.4 Å². The van der Waals surface area contributed by atoms with E-state index in [1.165, 1.54) is 0 Å². The quantitative estimate of drug-likeness (QED) is 0.517. The number of amides is 1. The van der Waals surface area contributed by atoms with E-state index in [0.29, 0.717) is 18.0 Å². The topological polar surface area (TPSA) is 68.0 Å². The first kappa shape index (κ1) is 22.3. The number of aromatic nitrogens is 2. The highest BCUT2D eigenvalue weighted by Crippen LogP contribution is 2.37. The van der Waals surface area contributed by atoms with Gasteiger partial charge >= 0.3 is 12.4 Å². The van der Waals surface area contributed by atoms with E-state index in [9.17, 15) is 31.1 Å². The molecule has 2 aromatic carbocycles. The molecule has 0 fully saturated rings. The molecular weight excluding hydrogens is 428 g/mol. The molecule has 0 atom stereocenters. The number of hydrogen-bond acceptors (Lipinski definition) is 4. The average Bonchev–Trinajstić information content (AvgIpc) is 3.14. The van der Waals surface area contributed by atoms with Crippen LogP contribution in [0.3, 0.4) is 0 Å². The number of carbonyl (C=O) groups is 1. The summed E-state index contributed by atoms with van der Waals surface area (Å²) in [5.41, 5.74) is -2.02. The van der Waals surface area contributed by atoms with Gasteiger partial charge in [-0.25, -0.2) is 0 Å². The Morgan fingerprint density at radius 2 is 1.61 bits per heavy atom. The van der Waals surface area contributed by atoms with Crippen LogP contribution in [0.2, 0.25) is 0 Å². The molecule has 0 unspecified atom stereocenters. The summed E-state index contributed by atoms with van der Waals surface area (Å²) in [4.78, 5) is 16.2. The molecule has 1 N–H and O–H groups in total. The molecule has 0 spiro atoms. The fourth-order valence-corrected chi connectivity index (χ4v) is 2.76. The van der Waals surface area contributed by atoms with E-state index in [0.717, 1.165) is 11.1 Å². The van der Waals surface area contributed by atoms with E-state index in [4.69, 9.17) is 4.52 Å². The average molecular weight is 443 g/mol. The third-order valence-corrected chi connectivity index (χ3v) is 4.29. The van der Waals surface area contributed by atoms with Gasteiger partial charge in [-0.05, 0) is 30.7 Å². The van der Waals surface area contributed by atoms with Crippen molar-refractivity contribution in [1.82, 2.24) is 10.1 Å². The van der Waals surface area contributed by atoms with Gasteiger partial charge in [-0.2, -0.15) is 31.3 Å². The van der Waals surface area contributed by atoms with Gasteiger partial charge in [0.1, 0.15) is 0 Å². The Hall–Kier alpha value is -3.37. The second-order valence-electron chi connectivity index (χ2n) is 6.67. The van der Waals surface area contributed by atoms with Gasteiger partial charge in [0.05, 0.1) is 11.1 Å². The van der Waals surface area contributed by atoms with Crippen LogP contribution < -0.4 is 5.32 Å². The Morgan fingerprint density at radius 1 is 1.00 bits per heavy atom. The molecule has 0 saturated heterocycles. The largest absolute Gasteiger partial charge is 0.416 e. The first-order valence-corrected chi connectivity index (χ1v) is 8.91. The van der Waals surface area contributed by atoms with E-state index in [1.54, 1.807) is 12.1 Å². The lowest BCUT2D eigenvalue weighted by Crippen LogP contribution is -2.16. The SMILES string of the molecule is Cc1ccccc1-c1noc(CCC(=O)Nc2cc(C(F)(F)F)cc(C(F)(F)F)c2)n1. The summed E-state index contributed by atoms with van der Waals surface area (Å²) < 4.78 is 82.5. The van der Waals surface area contributed by atoms with E-state index in [1.807, 2.05) is 19.1 Å². The highest BCUT2D eigenvalue weighted by Gasteiger charge is 2.37. The lowest BCUT2D eigenvalue weighted by Gasteiger charge is -2.14. The number of anilines is 1. The first-order valence-electron chi connectivity index (χ1n) is 8.91. The summed E-state index contributed by atoms with van der Waals surface area (Å²) in [5.74, 6) is -0.391. The Bertz CT molecular complexity index is 1060.